The van der Waals surface area contributed by atoms with Crippen LogP contribution in [-0.4, -0.2) is 0 Å². The smallest absolute Gasteiger partial charge is 0.207 e. The Bertz CT molecular complexity index is 1000. The van der Waals surface area contributed by atoms with E-state index in [1.807, 2.05) is 0 Å². The van der Waals surface area contributed by atoms with Gasteiger partial charge in [0, 0.05) is 11.1 Å². The van der Waals surface area contributed by atoms with Gasteiger partial charge < -0.3 is 0 Å². The second kappa shape index (κ2) is 7.43. The number of rotatable bonds is 4. The third kappa shape index (κ3) is 3.89. The maximum Gasteiger partial charge on any atom is 0.416 e. The number of nitrogens with zero attached hydrogens (tertiary/aromatic N) is 1. The van der Waals surface area contributed by atoms with Crippen LogP contribution in [0, 0.1) is 18.2 Å². The SMILES string of the molecule is C#[N+]C(Cc1ccccc1)(c1ccc(F)cc1)c1cc(F)cc(C(F)(F)F)c1. The van der Waals surface area contributed by atoms with Crippen molar-refractivity contribution < 1.29 is 22.0 Å². The lowest BCUT2D eigenvalue weighted by Crippen LogP contribution is -2.27. The Morgan fingerprint density at radius 3 is 1.89 bits per heavy atom. The summed E-state index contributed by atoms with van der Waals surface area (Å²) in [6.07, 6.45) is -4.68. The van der Waals surface area contributed by atoms with Crippen LogP contribution in [0.4, 0.5) is 22.0 Å². The van der Waals surface area contributed by atoms with E-state index in [9.17, 15) is 22.0 Å². The van der Waals surface area contributed by atoms with Crippen LogP contribution in [0.25, 0.3) is 4.85 Å². The van der Waals surface area contributed by atoms with E-state index in [0.29, 0.717) is 11.6 Å². The first-order chi connectivity index (χ1) is 13.2. The number of alkyl halides is 3. The minimum Gasteiger partial charge on any atom is -0.207 e. The molecule has 28 heavy (non-hydrogen) atoms. The minimum absolute atomic E-state index is 0.0662. The molecule has 0 aliphatic rings. The molecule has 0 bridgehead atoms. The Hall–Kier alpha value is -3.20. The third-order valence-electron chi connectivity index (χ3n) is 4.55. The largest absolute Gasteiger partial charge is 0.416 e. The van der Waals surface area contributed by atoms with E-state index >= 15 is 0 Å². The summed E-state index contributed by atoms with van der Waals surface area (Å²) in [6.45, 7) is 5.69. The van der Waals surface area contributed by atoms with E-state index in [2.05, 4.69) is 4.85 Å². The van der Waals surface area contributed by atoms with E-state index in [1.165, 1.54) is 12.1 Å². The lowest BCUT2D eigenvalue weighted by atomic mass is 9.78. The molecule has 0 radical (unpaired) electrons. The summed E-state index contributed by atoms with van der Waals surface area (Å²) in [4.78, 5) is 3.89. The van der Waals surface area contributed by atoms with Gasteiger partial charge in [-0.2, -0.15) is 13.2 Å². The Morgan fingerprint density at radius 1 is 0.714 bits per heavy atom. The van der Waals surface area contributed by atoms with Crippen molar-refractivity contribution in [2.24, 2.45) is 0 Å². The van der Waals surface area contributed by atoms with Gasteiger partial charge in [0.15, 0.2) is 0 Å². The van der Waals surface area contributed by atoms with Crippen molar-refractivity contribution in [2.45, 2.75) is 18.1 Å². The third-order valence-corrected chi connectivity index (χ3v) is 4.55. The van der Waals surface area contributed by atoms with Crippen LogP contribution >= 0.6 is 0 Å². The molecule has 0 aromatic heterocycles. The second-order valence-electron chi connectivity index (χ2n) is 6.38. The van der Waals surface area contributed by atoms with Gasteiger partial charge >= 0.3 is 11.7 Å². The highest BCUT2D eigenvalue weighted by Crippen LogP contribution is 2.40. The van der Waals surface area contributed by atoms with E-state index in [4.69, 9.17) is 6.57 Å². The summed E-state index contributed by atoms with van der Waals surface area (Å²) >= 11 is 0. The fraction of sp³-hybridized carbons (Fsp3) is 0.136. The zero-order chi connectivity index (χ0) is 20.4. The molecule has 0 saturated heterocycles. The van der Waals surface area contributed by atoms with Crippen molar-refractivity contribution in [2.75, 3.05) is 0 Å². The molecule has 0 amide bonds. The van der Waals surface area contributed by atoms with Crippen molar-refractivity contribution in [1.29, 1.82) is 0 Å². The van der Waals surface area contributed by atoms with Gasteiger partial charge in [-0.1, -0.05) is 35.2 Å². The van der Waals surface area contributed by atoms with Gasteiger partial charge in [0.1, 0.15) is 11.6 Å². The van der Waals surface area contributed by atoms with Gasteiger partial charge in [0.05, 0.1) is 12.0 Å². The first-order valence-corrected chi connectivity index (χ1v) is 8.35. The summed E-state index contributed by atoms with van der Waals surface area (Å²) in [6, 6.07) is 16.1. The molecular formula is C22H15F5N+. The first kappa shape index (κ1) is 19.6. The van der Waals surface area contributed by atoms with Crippen LogP contribution in [-0.2, 0) is 18.1 Å². The molecule has 0 N–H and O–H groups in total. The monoisotopic (exact) mass is 388 g/mol. The zero-order valence-electron chi connectivity index (χ0n) is 14.5. The molecule has 142 valence electrons. The first-order valence-electron chi connectivity index (χ1n) is 8.35. The lowest BCUT2D eigenvalue weighted by Gasteiger charge is -2.21. The van der Waals surface area contributed by atoms with Crippen LogP contribution in [0.2, 0.25) is 0 Å². The quantitative estimate of drug-likeness (QED) is 0.454. The van der Waals surface area contributed by atoms with E-state index < -0.39 is 28.9 Å². The van der Waals surface area contributed by atoms with Crippen LogP contribution in [0.5, 0.6) is 0 Å². The maximum atomic E-state index is 14.1. The van der Waals surface area contributed by atoms with Gasteiger partial charge in [0.25, 0.3) is 6.57 Å². The van der Waals surface area contributed by atoms with E-state index in [-0.39, 0.29) is 12.0 Å². The molecule has 3 aromatic carbocycles. The predicted octanol–water partition coefficient (Wildman–Crippen LogP) is 6.43. The van der Waals surface area contributed by atoms with Crippen molar-refractivity contribution in [3.63, 3.8) is 0 Å². The molecule has 3 aromatic rings. The highest BCUT2D eigenvalue weighted by Gasteiger charge is 2.47. The summed E-state index contributed by atoms with van der Waals surface area (Å²) in [5.41, 5.74) is -1.68. The fourth-order valence-corrected chi connectivity index (χ4v) is 3.17. The molecule has 0 aliphatic carbocycles. The molecule has 0 heterocycles. The molecule has 0 saturated carbocycles. The average Bonchev–Trinajstić information content (AvgIpc) is 2.66. The Morgan fingerprint density at radius 2 is 1.32 bits per heavy atom. The van der Waals surface area contributed by atoms with Crippen LogP contribution < -0.4 is 0 Å². The van der Waals surface area contributed by atoms with Crippen molar-refractivity contribution in [3.8, 4) is 6.57 Å². The summed E-state index contributed by atoms with van der Waals surface area (Å²) in [7, 11) is 0. The van der Waals surface area contributed by atoms with Crippen LogP contribution in [0.3, 0.4) is 0 Å². The summed E-state index contributed by atoms with van der Waals surface area (Å²) in [5, 5.41) is 0. The normalized spacial score (nSPS) is 13.6. The van der Waals surface area contributed by atoms with Crippen LogP contribution in [0.1, 0.15) is 22.3 Å². The highest BCUT2D eigenvalue weighted by atomic mass is 19.4. The van der Waals surface area contributed by atoms with Gasteiger partial charge in [-0.15, -0.1) is 0 Å². The lowest BCUT2D eigenvalue weighted by molar-refractivity contribution is -0.137. The number of hydrogen-bond acceptors (Lipinski definition) is 0. The minimum atomic E-state index is -4.74. The molecule has 3 rings (SSSR count). The van der Waals surface area contributed by atoms with Gasteiger partial charge in [-0.05, 0) is 48.0 Å². The predicted molar refractivity (Wildman–Crippen MR) is 97.0 cm³/mol. The summed E-state index contributed by atoms with van der Waals surface area (Å²) < 4.78 is 67.3. The molecule has 0 aliphatic heterocycles. The molecular weight excluding hydrogens is 373 g/mol. The Balaban J connectivity index is 2.26. The number of hydrogen-bond donors (Lipinski definition) is 0. The van der Waals surface area contributed by atoms with Crippen molar-refractivity contribution in [3.05, 3.63) is 112 Å². The summed E-state index contributed by atoms with van der Waals surface area (Å²) in [5.74, 6) is -1.59. The molecule has 0 fully saturated rings. The van der Waals surface area contributed by atoms with Crippen LogP contribution in [0.15, 0.2) is 72.8 Å². The zero-order valence-corrected chi connectivity index (χ0v) is 14.5. The van der Waals surface area contributed by atoms with Gasteiger partial charge in [-0.25, -0.2) is 8.78 Å². The van der Waals surface area contributed by atoms with Gasteiger partial charge in [-0.3, -0.25) is 0 Å². The molecule has 0 spiro atoms. The molecule has 1 nitrogen and oxygen atoms in total. The van der Waals surface area contributed by atoms with E-state index in [1.54, 1.807) is 30.3 Å². The Kier molecular flexibility index (Phi) is 5.19. The van der Waals surface area contributed by atoms with Gasteiger partial charge in [0.2, 0.25) is 0 Å². The molecule has 1 atom stereocenters. The molecule has 1 unspecified atom stereocenters. The average molecular weight is 388 g/mol. The van der Waals surface area contributed by atoms with Crippen molar-refractivity contribution in [1.82, 2.24) is 0 Å². The molecule has 6 heteroatoms. The van der Waals surface area contributed by atoms with Crippen molar-refractivity contribution >= 4 is 0 Å². The maximum absolute atomic E-state index is 14.1. The fourth-order valence-electron chi connectivity index (χ4n) is 3.17. The number of halogens is 5. The topological polar surface area (TPSA) is 4.36 Å². The standard InChI is InChI=1S/C22H15F5N/c1-28-21(14-15-5-3-2-4-6-15,16-7-9-19(23)10-8-16)17-11-18(22(25,26)27)13-20(24)12-17/h1-13H,14H2/q+1. The Labute approximate surface area is 158 Å². The van der Waals surface area contributed by atoms with E-state index in [0.717, 1.165) is 29.8 Å². The second-order valence-corrected chi connectivity index (χ2v) is 6.38. The highest BCUT2D eigenvalue weighted by molar-refractivity contribution is 5.46. The number of benzene rings is 3.